The number of aliphatic hydroxyl groups excluding tert-OH is 1. The summed E-state index contributed by atoms with van der Waals surface area (Å²) >= 11 is 0. The van der Waals surface area contributed by atoms with Gasteiger partial charge in [0.1, 0.15) is 23.9 Å². The maximum atomic E-state index is 9.33. The van der Waals surface area contributed by atoms with Gasteiger partial charge in [0, 0.05) is 12.0 Å². The molecule has 0 aliphatic carbocycles. The first-order chi connectivity index (χ1) is 12.3. The molecule has 0 unspecified atom stereocenters. The van der Waals surface area contributed by atoms with Crippen molar-refractivity contribution in [1.82, 2.24) is 14.8 Å². The number of hydrogen-bond donors (Lipinski definition) is 1. The van der Waals surface area contributed by atoms with Crippen LogP contribution in [0.3, 0.4) is 0 Å². The molecule has 3 heterocycles. The number of ether oxygens (including phenoxy) is 3. The summed E-state index contributed by atoms with van der Waals surface area (Å²) < 4.78 is 18.7. The molecule has 1 aromatic carbocycles. The first-order valence-electron chi connectivity index (χ1n) is 8.73. The minimum absolute atomic E-state index is 0.0359. The fourth-order valence-electron chi connectivity index (χ4n) is 3.75. The Balaban J connectivity index is 1.49. The Kier molecular flexibility index (Phi) is 4.59. The van der Waals surface area contributed by atoms with Gasteiger partial charge in [0.25, 0.3) is 0 Å². The second kappa shape index (κ2) is 7.01. The maximum Gasteiger partial charge on any atom is 0.188 e. The minimum Gasteiger partial charge on any atom is -0.497 e. The van der Waals surface area contributed by atoms with Gasteiger partial charge in [-0.1, -0.05) is 6.07 Å². The van der Waals surface area contributed by atoms with Crippen LogP contribution in [0.5, 0.6) is 11.5 Å². The number of hydrogen-bond acceptors (Lipinski definition) is 6. The molecule has 2 aliphatic rings. The lowest BCUT2D eigenvalue weighted by Gasteiger charge is -2.18. The summed E-state index contributed by atoms with van der Waals surface area (Å²) in [7, 11) is 1.63. The van der Waals surface area contributed by atoms with Gasteiger partial charge in [-0.05, 0) is 31.4 Å². The summed E-state index contributed by atoms with van der Waals surface area (Å²) in [6.45, 7) is 0.754. The highest BCUT2D eigenvalue weighted by Crippen LogP contribution is 2.43. The van der Waals surface area contributed by atoms with Crippen molar-refractivity contribution in [3.63, 3.8) is 0 Å². The lowest BCUT2D eigenvalue weighted by molar-refractivity contribution is 0.0992. The van der Waals surface area contributed by atoms with Crippen LogP contribution in [0.2, 0.25) is 0 Å². The molecule has 2 aromatic rings. The van der Waals surface area contributed by atoms with Crippen molar-refractivity contribution in [3.05, 3.63) is 35.9 Å². The van der Waals surface area contributed by atoms with E-state index in [0.29, 0.717) is 24.2 Å². The Labute approximate surface area is 146 Å². The molecule has 4 rings (SSSR count). The summed E-state index contributed by atoms with van der Waals surface area (Å²) in [5, 5.41) is 13.8. The molecule has 1 N–H and O–H groups in total. The van der Waals surface area contributed by atoms with E-state index in [1.54, 1.807) is 11.8 Å². The molecular weight excluding hydrogens is 322 g/mol. The Morgan fingerprint density at radius 3 is 2.92 bits per heavy atom. The number of fused-ring (bicyclic) bond motifs is 2. The van der Waals surface area contributed by atoms with Crippen LogP contribution in [-0.2, 0) is 17.9 Å². The first-order valence-corrected chi connectivity index (χ1v) is 8.73. The van der Waals surface area contributed by atoms with Crippen LogP contribution in [-0.4, -0.2) is 45.8 Å². The number of methoxy groups -OCH3 is 1. The Hall–Kier alpha value is -2.12. The quantitative estimate of drug-likeness (QED) is 0.826. The highest BCUT2D eigenvalue weighted by molar-refractivity contribution is 5.32. The predicted octanol–water partition coefficient (Wildman–Crippen LogP) is 1.89. The monoisotopic (exact) mass is 345 g/mol. The summed E-state index contributed by atoms with van der Waals surface area (Å²) in [6, 6.07) is 7.45. The molecule has 0 saturated carbocycles. The molecule has 2 aliphatic heterocycles. The highest BCUT2D eigenvalue weighted by Gasteiger charge is 2.43. The van der Waals surface area contributed by atoms with E-state index >= 15 is 0 Å². The van der Waals surface area contributed by atoms with Crippen LogP contribution in [0, 0.1) is 0 Å². The minimum atomic E-state index is 0.0359. The van der Waals surface area contributed by atoms with E-state index in [1.165, 1.54) is 0 Å². The van der Waals surface area contributed by atoms with Crippen molar-refractivity contribution in [1.29, 1.82) is 0 Å². The lowest BCUT2D eigenvalue weighted by atomic mass is 9.88. The molecule has 0 spiro atoms. The van der Waals surface area contributed by atoms with Gasteiger partial charge in [-0.25, -0.2) is 9.67 Å². The third kappa shape index (κ3) is 3.34. The zero-order valence-corrected chi connectivity index (χ0v) is 14.3. The van der Waals surface area contributed by atoms with Gasteiger partial charge >= 0.3 is 0 Å². The second-order valence-electron chi connectivity index (χ2n) is 6.52. The number of aromatic nitrogens is 3. The molecule has 0 radical (unpaired) electrons. The molecule has 3 atom stereocenters. The third-order valence-corrected chi connectivity index (χ3v) is 4.90. The molecule has 2 bridgehead atoms. The van der Waals surface area contributed by atoms with Crippen LogP contribution in [0.15, 0.2) is 24.3 Å². The maximum absolute atomic E-state index is 9.33. The van der Waals surface area contributed by atoms with Crippen LogP contribution in [0.25, 0.3) is 0 Å². The van der Waals surface area contributed by atoms with Crippen molar-refractivity contribution in [2.75, 3.05) is 13.7 Å². The zero-order chi connectivity index (χ0) is 17.2. The second-order valence-corrected chi connectivity index (χ2v) is 6.52. The summed E-state index contributed by atoms with van der Waals surface area (Å²) in [5.74, 6) is 3.25. The smallest absolute Gasteiger partial charge is 0.188 e. The molecule has 2 saturated heterocycles. The van der Waals surface area contributed by atoms with Gasteiger partial charge in [-0.2, -0.15) is 5.10 Å². The van der Waals surface area contributed by atoms with E-state index in [-0.39, 0.29) is 25.2 Å². The number of benzene rings is 1. The summed E-state index contributed by atoms with van der Waals surface area (Å²) in [4.78, 5) is 4.69. The largest absolute Gasteiger partial charge is 0.497 e. The summed E-state index contributed by atoms with van der Waals surface area (Å²) in [5.41, 5.74) is 0. The fraction of sp³-hybridized carbons (Fsp3) is 0.556. The van der Waals surface area contributed by atoms with E-state index in [1.807, 2.05) is 24.3 Å². The normalized spacial score (nSPS) is 24.6. The van der Waals surface area contributed by atoms with Crippen molar-refractivity contribution >= 4 is 0 Å². The molecule has 134 valence electrons. The molecule has 7 heteroatoms. The first kappa shape index (κ1) is 16.4. The van der Waals surface area contributed by atoms with Gasteiger partial charge in [0.2, 0.25) is 0 Å². The topological polar surface area (TPSA) is 78.6 Å². The van der Waals surface area contributed by atoms with E-state index in [9.17, 15) is 5.11 Å². The average Bonchev–Trinajstić information content (AvgIpc) is 3.36. The van der Waals surface area contributed by atoms with Crippen LogP contribution < -0.4 is 9.47 Å². The molecule has 7 nitrogen and oxygen atoms in total. The molecule has 0 amide bonds. The highest BCUT2D eigenvalue weighted by atomic mass is 16.5. The predicted molar refractivity (Wildman–Crippen MR) is 89.7 cm³/mol. The van der Waals surface area contributed by atoms with Crippen LogP contribution >= 0.6 is 0 Å². The van der Waals surface area contributed by atoms with Crippen LogP contribution in [0.1, 0.15) is 36.8 Å². The van der Waals surface area contributed by atoms with Gasteiger partial charge < -0.3 is 19.3 Å². The van der Waals surface area contributed by atoms with E-state index in [2.05, 4.69) is 5.10 Å². The van der Waals surface area contributed by atoms with E-state index < -0.39 is 0 Å². The SMILES string of the molecule is COc1cccc(OCc2nc([C@@H]3C[C@@H]4CC[C@H]3O4)n(CCO)n2)c1. The number of rotatable bonds is 7. The van der Waals surface area contributed by atoms with Crippen molar-refractivity contribution in [3.8, 4) is 11.5 Å². The van der Waals surface area contributed by atoms with Gasteiger partial charge in [0.15, 0.2) is 5.82 Å². The van der Waals surface area contributed by atoms with Crippen molar-refractivity contribution < 1.29 is 19.3 Å². The fourth-order valence-corrected chi connectivity index (χ4v) is 3.75. The van der Waals surface area contributed by atoms with E-state index in [0.717, 1.165) is 30.8 Å². The Morgan fingerprint density at radius 1 is 1.32 bits per heavy atom. The van der Waals surface area contributed by atoms with Gasteiger partial charge in [-0.3, -0.25) is 0 Å². The molecular formula is C18H23N3O4. The molecule has 25 heavy (non-hydrogen) atoms. The zero-order valence-electron chi connectivity index (χ0n) is 14.3. The summed E-state index contributed by atoms with van der Waals surface area (Å²) in [6.07, 6.45) is 3.80. The van der Waals surface area contributed by atoms with Gasteiger partial charge in [0.05, 0.1) is 32.5 Å². The molecule has 2 fully saturated rings. The Morgan fingerprint density at radius 2 is 2.20 bits per heavy atom. The number of aliphatic hydroxyl groups is 1. The van der Waals surface area contributed by atoms with Crippen molar-refractivity contribution in [2.45, 2.75) is 50.5 Å². The Bertz CT molecular complexity index is 733. The van der Waals surface area contributed by atoms with Gasteiger partial charge in [-0.15, -0.1) is 0 Å². The average molecular weight is 345 g/mol. The standard InChI is InChI=1S/C18H23N3O4/c1-23-12-3-2-4-13(9-12)24-11-17-19-18(21(20-17)7-8-22)15-10-14-5-6-16(15)25-14/h2-4,9,14-16,22H,5-8,10-11H2,1H3/t14-,15+,16+/m0/s1. The van der Waals surface area contributed by atoms with Crippen molar-refractivity contribution in [2.24, 2.45) is 0 Å². The lowest BCUT2D eigenvalue weighted by Crippen LogP contribution is -2.20. The van der Waals surface area contributed by atoms with Crippen LogP contribution in [0.4, 0.5) is 0 Å². The molecule has 1 aromatic heterocycles. The third-order valence-electron chi connectivity index (χ3n) is 4.90. The van der Waals surface area contributed by atoms with E-state index in [4.69, 9.17) is 19.2 Å². The number of nitrogens with zero attached hydrogens (tertiary/aromatic N) is 3.